The third-order valence-electron chi connectivity index (χ3n) is 4.28. The summed E-state index contributed by atoms with van der Waals surface area (Å²) in [4.78, 5) is 29.7. The molecule has 1 aliphatic rings. The molecule has 1 atom stereocenters. The number of aromatic amines is 1. The van der Waals surface area contributed by atoms with E-state index in [1.165, 1.54) is 0 Å². The summed E-state index contributed by atoms with van der Waals surface area (Å²) in [7, 11) is 0. The van der Waals surface area contributed by atoms with E-state index in [9.17, 15) is 14.7 Å². The van der Waals surface area contributed by atoms with Crippen LogP contribution >= 0.6 is 12.4 Å². The van der Waals surface area contributed by atoms with Gasteiger partial charge in [-0.3, -0.25) is 19.6 Å². The van der Waals surface area contributed by atoms with Gasteiger partial charge in [-0.25, -0.2) is 4.98 Å². The maximum absolute atomic E-state index is 12.4. The molecule has 3 rings (SSSR count). The molecule has 1 aromatic carbocycles. The van der Waals surface area contributed by atoms with E-state index in [2.05, 4.69) is 20.5 Å². The fourth-order valence-electron chi connectivity index (χ4n) is 3.09. The third kappa shape index (κ3) is 4.39. The van der Waals surface area contributed by atoms with Crippen molar-refractivity contribution in [3.63, 3.8) is 0 Å². The number of likely N-dealkylation sites (tertiary alicyclic amines) is 1. The number of aromatic nitrogens is 3. The van der Waals surface area contributed by atoms with Gasteiger partial charge in [0.05, 0.1) is 12.2 Å². The Hall–Kier alpha value is -2.45. The molecule has 9 heteroatoms. The molecule has 0 spiro atoms. The summed E-state index contributed by atoms with van der Waals surface area (Å²) in [6.45, 7) is 4.41. The van der Waals surface area contributed by atoms with Gasteiger partial charge in [0.15, 0.2) is 5.82 Å². The van der Waals surface area contributed by atoms with Gasteiger partial charge in [0.25, 0.3) is 0 Å². The summed E-state index contributed by atoms with van der Waals surface area (Å²) in [5, 5.41) is 19.0. The van der Waals surface area contributed by atoms with Crippen molar-refractivity contribution in [3.05, 3.63) is 29.6 Å². The predicted octanol–water partition coefficient (Wildman–Crippen LogP) is 2.00. The van der Waals surface area contributed by atoms with Crippen LogP contribution in [0.3, 0.4) is 0 Å². The fraction of sp³-hybridized carbons (Fsp3) is 0.412. The largest absolute Gasteiger partial charge is 0.480 e. The number of anilines is 1. The normalized spacial score (nSPS) is 16.9. The van der Waals surface area contributed by atoms with Crippen LogP contribution in [0.15, 0.2) is 18.2 Å². The minimum atomic E-state index is -0.877. The number of carbonyl (C=O) groups is 2. The Bertz CT molecular complexity index is 807. The zero-order chi connectivity index (χ0) is 18.0. The smallest absolute Gasteiger partial charge is 0.320 e. The van der Waals surface area contributed by atoms with Crippen LogP contribution in [0.1, 0.15) is 24.2 Å². The highest BCUT2D eigenvalue weighted by Crippen LogP contribution is 2.26. The van der Waals surface area contributed by atoms with Crippen molar-refractivity contribution in [1.82, 2.24) is 20.1 Å². The van der Waals surface area contributed by atoms with E-state index in [-0.39, 0.29) is 24.9 Å². The fourth-order valence-corrected chi connectivity index (χ4v) is 3.09. The molecule has 0 aliphatic carbocycles. The number of carbonyl (C=O) groups excluding carboxylic acids is 1. The molecule has 1 aromatic heterocycles. The SMILES string of the molecule is Cc1ccc(-c2n[nH]c(C)n2)c(NC(=O)CN2CCCC2C(=O)O)c1.Cl. The van der Waals surface area contributed by atoms with Gasteiger partial charge in [0.1, 0.15) is 11.9 Å². The number of amides is 1. The molecule has 1 aliphatic heterocycles. The number of aliphatic carboxylic acids is 1. The van der Waals surface area contributed by atoms with E-state index < -0.39 is 12.0 Å². The van der Waals surface area contributed by atoms with Crippen molar-refractivity contribution in [3.8, 4) is 11.4 Å². The molecule has 8 nitrogen and oxygen atoms in total. The number of aryl methyl sites for hydroxylation is 2. The lowest BCUT2D eigenvalue weighted by atomic mass is 10.1. The Balaban J connectivity index is 0.00000243. The number of benzene rings is 1. The van der Waals surface area contributed by atoms with E-state index in [1.54, 1.807) is 4.90 Å². The molecule has 1 fully saturated rings. The first-order valence-corrected chi connectivity index (χ1v) is 8.21. The van der Waals surface area contributed by atoms with Crippen molar-refractivity contribution in [2.45, 2.75) is 32.7 Å². The van der Waals surface area contributed by atoms with Gasteiger partial charge in [-0.2, -0.15) is 5.10 Å². The highest BCUT2D eigenvalue weighted by atomic mass is 35.5. The highest BCUT2D eigenvalue weighted by molar-refractivity contribution is 5.96. The third-order valence-corrected chi connectivity index (χ3v) is 4.28. The number of hydrogen-bond acceptors (Lipinski definition) is 5. The van der Waals surface area contributed by atoms with Gasteiger partial charge in [-0.15, -0.1) is 12.4 Å². The molecule has 2 aromatic rings. The van der Waals surface area contributed by atoms with Crippen LogP contribution in [0.5, 0.6) is 0 Å². The summed E-state index contributed by atoms with van der Waals surface area (Å²) < 4.78 is 0. The van der Waals surface area contributed by atoms with Gasteiger partial charge < -0.3 is 10.4 Å². The van der Waals surface area contributed by atoms with Crippen molar-refractivity contribution >= 4 is 30.0 Å². The first-order chi connectivity index (χ1) is 11.9. The molecule has 1 amide bonds. The summed E-state index contributed by atoms with van der Waals surface area (Å²) in [5.74, 6) is 0.0802. The number of carboxylic acids is 1. The molecular weight excluding hydrogens is 358 g/mol. The summed E-state index contributed by atoms with van der Waals surface area (Å²) in [6.07, 6.45) is 1.37. The number of rotatable bonds is 5. The lowest BCUT2D eigenvalue weighted by Gasteiger charge is -2.20. The molecule has 1 saturated heterocycles. The van der Waals surface area contributed by atoms with Crippen LogP contribution in [-0.4, -0.2) is 56.2 Å². The maximum Gasteiger partial charge on any atom is 0.320 e. The average Bonchev–Trinajstić information content (AvgIpc) is 3.16. The summed E-state index contributed by atoms with van der Waals surface area (Å²) in [5.41, 5.74) is 2.34. The number of H-pyrrole nitrogens is 1. The molecule has 0 radical (unpaired) electrons. The quantitative estimate of drug-likeness (QED) is 0.732. The standard InChI is InChI=1S/C17H21N5O3.ClH/c1-10-5-6-12(16-18-11(2)20-21-16)13(8-10)19-15(23)9-22-7-3-4-14(22)17(24)25;/h5-6,8,14H,3-4,7,9H2,1-2H3,(H,19,23)(H,24,25)(H,18,20,21);1H. The summed E-state index contributed by atoms with van der Waals surface area (Å²) in [6, 6.07) is 5.07. The molecule has 140 valence electrons. The first-order valence-electron chi connectivity index (χ1n) is 8.21. The van der Waals surface area contributed by atoms with Crippen LogP contribution in [0.4, 0.5) is 5.69 Å². The molecular formula is C17H22ClN5O3. The Morgan fingerprint density at radius 2 is 2.15 bits per heavy atom. The number of nitrogens with one attached hydrogen (secondary N) is 2. The minimum absolute atomic E-state index is 0. The predicted molar refractivity (Wildman–Crippen MR) is 99.4 cm³/mol. The van der Waals surface area contributed by atoms with Gasteiger partial charge in [-0.1, -0.05) is 6.07 Å². The van der Waals surface area contributed by atoms with E-state index in [0.717, 1.165) is 17.5 Å². The molecule has 0 bridgehead atoms. The zero-order valence-electron chi connectivity index (χ0n) is 14.7. The summed E-state index contributed by atoms with van der Waals surface area (Å²) >= 11 is 0. The lowest BCUT2D eigenvalue weighted by molar-refractivity contribution is -0.142. The molecule has 1 unspecified atom stereocenters. The second-order valence-corrected chi connectivity index (χ2v) is 6.31. The van der Waals surface area contributed by atoms with Gasteiger partial charge >= 0.3 is 5.97 Å². The number of carboxylic acid groups (broad SMARTS) is 1. The Morgan fingerprint density at radius 3 is 2.81 bits per heavy atom. The highest BCUT2D eigenvalue weighted by Gasteiger charge is 2.31. The van der Waals surface area contributed by atoms with Gasteiger partial charge in [0, 0.05) is 5.56 Å². The van der Waals surface area contributed by atoms with E-state index >= 15 is 0 Å². The molecule has 26 heavy (non-hydrogen) atoms. The van der Waals surface area contributed by atoms with Gasteiger partial charge in [0.2, 0.25) is 5.91 Å². The number of hydrogen-bond donors (Lipinski definition) is 3. The minimum Gasteiger partial charge on any atom is -0.480 e. The van der Waals surface area contributed by atoms with Crippen LogP contribution in [0, 0.1) is 13.8 Å². The van der Waals surface area contributed by atoms with Crippen molar-refractivity contribution < 1.29 is 14.7 Å². The molecule has 2 heterocycles. The second-order valence-electron chi connectivity index (χ2n) is 6.31. The second kappa shape index (κ2) is 8.29. The molecule has 3 N–H and O–H groups in total. The lowest BCUT2D eigenvalue weighted by Crippen LogP contribution is -2.40. The average molecular weight is 380 g/mol. The topological polar surface area (TPSA) is 111 Å². The monoisotopic (exact) mass is 379 g/mol. The van der Waals surface area contributed by atoms with Crippen molar-refractivity contribution in [2.24, 2.45) is 0 Å². The Morgan fingerprint density at radius 1 is 1.38 bits per heavy atom. The van der Waals surface area contributed by atoms with E-state index in [0.29, 0.717) is 30.3 Å². The van der Waals surface area contributed by atoms with Crippen LogP contribution in [-0.2, 0) is 9.59 Å². The van der Waals surface area contributed by atoms with Crippen LogP contribution < -0.4 is 5.32 Å². The van der Waals surface area contributed by atoms with Crippen molar-refractivity contribution in [2.75, 3.05) is 18.4 Å². The molecule has 0 saturated carbocycles. The van der Waals surface area contributed by atoms with Gasteiger partial charge in [-0.05, 0) is 50.9 Å². The van der Waals surface area contributed by atoms with Crippen LogP contribution in [0.2, 0.25) is 0 Å². The van der Waals surface area contributed by atoms with E-state index in [4.69, 9.17) is 0 Å². The Labute approximate surface area is 157 Å². The van der Waals surface area contributed by atoms with Crippen molar-refractivity contribution in [1.29, 1.82) is 0 Å². The number of nitrogens with zero attached hydrogens (tertiary/aromatic N) is 3. The zero-order valence-corrected chi connectivity index (χ0v) is 15.5. The maximum atomic E-state index is 12.4. The number of halogens is 1. The Kier molecular flexibility index (Phi) is 6.33. The van der Waals surface area contributed by atoms with E-state index in [1.807, 2.05) is 32.0 Å². The first kappa shape index (κ1) is 19.9. The van der Waals surface area contributed by atoms with Crippen LogP contribution in [0.25, 0.3) is 11.4 Å².